The van der Waals surface area contributed by atoms with Crippen molar-refractivity contribution in [3.8, 4) is 11.3 Å². The molecule has 0 amide bonds. The van der Waals surface area contributed by atoms with Gasteiger partial charge in [-0.25, -0.2) is 4.98 Å². The molecule has 0 saturated carbocycles. The van der Waals surface area contributed by atoms with Crippen LogP contribution in [0.2, 0.25) is 5.02 Å². The van der Waals surface area contributed by atoms with Gasteiger partial charge in [0.15, 0.2) is 5.76 Å². The van der Waals surface area contributed by atoms with Crippen molar-refractivity contribution in [3.05, 3.63) is 41.4 Å². The lowest BCUT2D eigenvalue weighted by Gasteiger charge is -1.98. The van der Waals surface area contributed by atoms with E-state index in [1.165, 1.54) is 0 Å². The Morgan fingerprint density at radius 2 is 2.12 bits per heavy atom. The van der Waals surface area contributed by atoms with Crippen LogP contribution < -0.4 is 5.32 Å². The molecule has 1 aromatic carbocycles. The molecule has 0 fully saturated rings. The van der Waals surface area contributed by atoms with E-state index >= 15 is 0 Å². The third kappa shape index (κ3) is 2.76. The second-order valence-corrected chi connectivity index (χ2v) is 3.54. The predicted molar refractivity (Wildman–Crippen MR) is 67.0 cm³/mol. The first-order valence-electron chi connectivity index (χ1n) is 4.65. The van der Waals surface area contributed by atoms with Crippen LogP contribution in [0.3, 0.4) is 0 Å². The molecule has 0 aliphatic carbocycles. The summed E-state index contributed by atoms with van der Waals surface area (Å²) in [6, 6.07) is 7.54. The van der Waals surface area contributed by atoms with Gasteiger partial charge in [0, 0.05) is 5.56 Å². The van der Waals surface area contributed by atoms with Crippen molar-refractivity contribution in [1.82, 2.24) is 10.3 Å². The first-order valence-corrected chi connectivity index (χ1v) is 5.03. The van der Waals surface area contributed by atoms with Gasteiger partial charge < -0.3 is 9.73 Å². The number of hydrogen-bond acceptors (Lipinski definition) is 3. The molecule has 0 spiro atoms. The average molecular weight is 259 g/mol. The molecule has 0 aliphatic heterocycles. The highest BCUT2D eigenvalue weighted by atomic mass is 35.5. The van der Waals surface area contributed by atoms with Gasteiger partial charge in [-0.05, 0) is 19.2 Å². The van der Waals surface area contributed by atoms with Crippen LogP contribution >= 0.6 is 24.0 Å². The standard InChI is InChI=1S/C11H11ClN2O.ClH/c1-13-7-11-14-6-10(15-11)8-4-2-3-5-9(8)12;/h2-6,13H,7H2,1H3;1H. The fourth-order valence-corrected chi connectivity index (χ4v) is 1.56. The number of hydrogen-bond donors (Lipinski definition) is 1. The van der Waals surface area contributed by atoms with E-state index in [1.54, 1.807) is 6.20 Å². The number of rotatable bonds is 3. The number of nitrogens with zero attached hydrogens (tertiary/aromatic N) is 1. The zero-order valence-electron chi connectivity index (χ0n) is 8.74. The Morgan fingerprint density at radius 3 is 2.81 bits per heavy atom. The topological polar surface area (TPSA) is 38.1 Å². The van der Waals surface area contributed by atoms with Crippen LogP contribution in [0, 0.1) is 0 Å². The Bertz CT molecular complexity index is 457. The molecular weight excluding hydrogens is 247 g/mol. The fraction of sp³-hybridized carbons (Fsp3) is 0.182. The van der Waals surface area contributed by atoms with Crippen molar-refractivity contribution in [1.29, 1.82) is 0 Å². The molecule has 0 aliphatic rings. The van der Waals surface area contributed by atoms with Gasteiger partial charge in [0.25, 0.3) is 0 Å². The molecule has 16 heavy (non-hydrogen) atoms. The minimum Gasteiger partial charge on any atom is -0.439 e. The Kier molecular flexibility index (Phi) is 4.80. The van der Waals surface area contributed by atoms with E-state index in [9.17, 15) is 0 Å². The van der Waals surface area contributed by atoms with E-state index < -0.39 is 0 Å². The van der Waals surface area contributed by atoms with Gasteiger partial charge >= 0.3 is 0 Å². The summed E-state index contributed by atoms with van der Waals surface area (Å²) in [5.41, 5.74) is 0.869. The summed E-state index contributed by atoms with van der Waals surface area (Å²) in [6.07, 6.45) is 1.69. The van der Waals surface area contributed by atoms with Gasteiger partial charge in [0.2, 0.25) is 5.89 Å². The number of benzene rings is 1. The van der Waals surface area contributed by atoms with Crippen molar-refractivity contribution in [2.75, 3.05) is 7.05 Å². The van der Waals surface area contributed by atoms with Gasteiger partial charge in [0.05, 0.1) is 17.8 Å². The third-order valence-corrected chi connectivity index (χ3v) is 2.35. The van der Waals surface area contributed by atoms with E-state index in [1.807, 2.05) is 31.3 Å². The molecular formula is C11H12Cl2N2O. The summed E-state index contributed by atoms with van der Waals surface area (Å²) in [7, 11) is 1.85. The van der Waals surface area contributed by atoms with Gasteiger partial charge in [-0.3, -0.25) is 0 Å². The van der Waals surface area contributed by atoms with E-state index in [-0.39, 0.29) is 12.4 Å². The summed E-state index contributed by atoms with van der Waals surface area (Å²) in [5, 5.41) is 3.65. The summed E-state index contributed by atoms with van der Waals surface area (Å²) >= 11 is 6.04. The van der Waals surface area contributed by atoms with Crippen LogP contribution in [-0.2, 0) is 6.54 Å². The minimum absolute atomic E-state index is 0. The van der Waals surface area contributed by atoms with Gasteiger partial charge in [-0.15, -0.1) is 12.4 Å². The van der Waals surface area contributed by atoms with Gasteiger partial charge in [0.1, 0.15) is 0 Å². The van der Waals surface area contributed by atoms with Crippen LogP contribution in [0.1, 0.15) is 5.89 Å². The van der Waals surface area contributed by atoms with E-state index in [2.05, 4.69) is 10.3 Å². The number of aromatic nitrogens is 1. The monoisotopic (exact) mass is 258 g/mol. The van der Waals surface area contributed by atoms with E-state index in [0.717, 1.165) is 5.56 Å². The Balaban J connectivity index is 0.00000128. The van der Waals surface area contributed by atoms with Crippen LogP contribution in [-0.4, -0.2) is 12.0 Å². The number of nitrogens with one attached hydrogen (secondary N) is 1. The van der Waals surface area contributed by atoms with Crippen LogP contribution in [0.15, 0.2) is 34.9 Å². The van der Waals surface area contributed by atoms with Crippen molar-refractivity contribution in [3.63, 3.8) is 0 Å². The second kappa shape index (κ2) is 5.89. The van der Waals surface area contributed by atoms with Gasteiger partial charge in [-0.1, -0.05) is 23.7 Å². The highest BCUT2D eigenvalue weighted by Gasteiger charge is 2.08. The van der Waals surface area contributed by atoms with Crippen LogP contribution in [0.4, 0.5) is 0 Å². The van der Waals surface area contributed by atoms with Crippen molar-refractivity contribution in [2.24, 2.45) is 0 Å². The average Bonchev–Trinajstić information content (AvgIpc) is 2.68. The lowest BCUT2D eigenvalue weighted by Crippen LogP contribution is -2.04. The maximum atomic E-state index is 6.04. The lowest BCUT2D eigenvalue weighted by molar-refractivity contribution is 0.491. The lowest BCUT2D eigenvalue weighted by atomic mass is 10.2. The Morgan fingerprint density at radius 1 is 1.38 bits per heavy atom. The Labute approximate surface area is 105 Å². The summed E-state index contributed by atoms with van der Waals surface area (Å²) in [6.45, 7) is 0.616. The normalized spacial score (nSPS) is 9.88. The number of halogens is 2. The summed E-state index contributed by atoms with van der Waals surface area (Å²) in [5.74, 6) is 1.36. The molecule has 1 heterocycles. The molecule has 0 radical (unpaired) electrons. The largest absolute Gasteiger partial charge is 0.439 e. The minimum atomic E-state index is 0. The SMILES string of the molecule is CNCc1ncc(-c2ccccc2Cl)o1.Cl. The molecule has 0 bridgehead atoms. The summed E-state index contributed by atoms with van der Waals surface area (Å²) < 4.78 is 5.53. The Hall–Kier alpha value is -1.03. The van der Waals surface area contributed by atoms with Gasteiger partial charge in [-0.2, -0.15) is 0 Å². The molecule has 2 aromatic rings. The maximum Gasteiger partial charge on any atom is 0.208 e. The zero-order valence-corrected chi connectivity index (χ0v) is 10.3. The summed E-state index contributed by atoms with van der Waals surface area (Å²) in [4.78, 5) is 4.14. The van der Waals surface area contributed by atoms with Crippen molar-refractivity contribution in [2.45, 2.75) is 6.54 Å². The van der Waals surface area contributed by atoms with Crippen LogP contribution in [0.5, 0.6) is 0 Å². The van der Waals surface area contributed by atoms with Crippen LogP contribution in [0.25, 0.3) is 11.3 Å². The maximum absolute atomic E-state index is 6.04. The van der Waals surface area contributed by atoms with Crippen molar-refractivity contribution < 1.29 is 4.42 Å². The molecule has 1 N–H and O–H groups in total. The molecule has 0 unspecified atom stereocenters. The van der Waals surface area contributed by atoms with E-state index in [4.69, 9.17) is 16.0 Å². The smallest absolute Gasteiger partial charge is 0.208 e. The van der Waals surface area contributed by atoms with E-state index in [0.29, 0.717) is 23.2 Å². The quantitative estimate of drug-likeness (QED) is 0.920. The first-order chi connectivity index (χ1) is 7.31. The zero-order chi connectivity index (χ0) is 10.7. The number of oxazole rings is 1. The molecule has 3 nitrogen and oxygen atoms in total. The predicted octanol–water partition coefficient (Wildman–Crippen LogP) is 3.14. The second-order valence-electron chi connectivity index (χ2n) is 3.13. The molecule has 5 heteroatoms. The highest BCUT2D eigenvalue weighted by Crippen LogP contribution is 2.27. The van der Waals surface area contributed by atoms with Crippen molar-refractivity contribution >= 4 is 24.0 Å². The fourth-order valence-electron chi connectivity index (χ4n) is 1.33. The molecule has 2 rings (SSSR count). The molecule has 1 aromatic heterocycles. The highest BCUT2D eigenvalue weighted by molar-refractivity contribution is 6.33. The molecule has 0 atom stereocenters. The molecule has 86 valence electrons. The first kappa shape index (κ1) is 13.0. The molecule has 0 saturated heterocycles. The third-order valence-electron chi connectivity index (χ3n) is 2.02.